The van der Waals surface area contributed by atoms with Crippen molar-refractivity contribution in [2.24, 2.45) is 0 Å². The van der Waals surface area contributed by atoms with Crippen LogP contribution in [0.25, 0.3) is 5.65 Å². The molecule has 114 valence electrons. The van der Waals surface area contributed by atoms with Crippen LogP contribution in [0, 0.1) is 6.92 Å². The third-order valence-corrected chi connectivity index (χ3v) is 3.91. The van der Waals surface area contributed by atoms with Gasteiger partial charge in [0.05, 0.1) is 5.69 Å². The number of likely N-dealkylation sites (N-methyl/N-ethyl adjacent to an activating group) is 1. The molecule has 3 rings (SSSR count). The lowest BCUT2D eigenvalue weighted by atomic mass is 10.2. The van der Waals surface area contributed by atoms with Gasteiger partial charge in [-0.1, -0.05) is 12.1 Å². The van der Waals surface area contributed by atoms with Gasteiger partial charge in [-0.25, -0.2) is 4.98 Å². The van der Waals surface area contributed by atoms with Gasteiger partial charge >= 0.3 is 0 Å². The van der Waals surface area contributed by atoms with Crippen LogP contribution in [0.2, 0.25) is 0 Å². The van der Waals surface area contributed by atoms with Crippen LogP contribution in [0.3, 0.4) is 0 Å². The Kier molecular flexibility index (Phi) is 4.00. The molecule has 0 fully saturated rings. The molecule has 0 aliphatic carbocycles. The zero-order chi connectivity index (χ0) is 15.5. The first-order valence-electron chi connectivity index (χ1n) is 7.70. The molecule has 0 spiro atoms. The maximum Gasteiger partial charge on any atom is 0.137 e. The maximum absolute atomic E-state index is 5.81. The summed E-state index contributed by atoms with van der Waals surface area (Å²) in [6.45, 7) is 6.26. The van der Waals surface area contributed by atoms with Crippen LogP contribution in [0.4, 0.5) is 11.4 Å². The van der Waals surface area contributed by atoms with E-state index in [0.29, 0.717) is 0 Å². The topological polar surface area (TPSA) is 46.6 Å². The summed E-state index contributed by atoms with van der Waals surface area (Å²) in [4.78, 5) is 7.03. The molecule has 0 amide bonds. The number of hydrogen-bond donors (Lipinski definition) is 1. The number of nitrogens with two attached hydrogens (primary N) is 1. The predicted octanol–water partition coefficient (Wildman–Crippen LogP) is 3.29. The van der Waals surface area contributed by atoms with Crippen molar-refractivity contribution in [3.63, 3.8) is 0 Å². The third kappa shape index (κ3) is 3.06. The van der Waals surface area contributed by atoms with Crippen LogP contribution in [-0.2, 0) is 6.42 Å². The number of fused-ring (bicyclic) bond motifs is 1. The lowest BCUT2D eigenvalue weighted by molar-refractivity contribution is 0.798. The Morgan fingerprint density at radius 3 is 2.82 bits per heavy atom. The van der Waals surface area contributed by atoms with Crippen LogP contribution in [-0.4, -0.2) is 22.5 Å². The molecule has 4 nitrogen and oxygen atoms in total. The third-order valence-electron chi connectivity index (χ3n) is 3.91. The molecule has 1 aromatic carbocycles. The Labute approximate surface area is 131 Å². The number of aromatic nitrogens is 2. The van der Waals surface area contributed by atoms with Gasteiger partial charge < -0.3 is 15.0 Å². The van der Waals surface area contributed by atoms with Gasteiger partial charge in [0.25, 0.3) is 0 Å². The molecule has 0 atom stereocenters. The van der Waals surface area contributed by atoms with E-state index in [4.69, 9.17) is 5.73 Å². The zero-order valence-corrected chi connectivity index (χ0v) is 13.2. The van der Waals surface area contributed by atoms with Crippen molar-refractivity contribution in [1.82, 2.24) is 9.38 Å². The monoisotopic (exact) mass is 294 g/mol. The number of hydrogen-bond acceptors (Lipinski definition) is 3. The summed E-state index contributed by atoms with van der Waals surface area (Å²) in [5, 5.41) is 0. The smallest absolute Gasteiger partial charge is 0.137 e. The first-order chi connectivity index (χ1) is 10.7. The Hall–Kier alpha value is -2.49. The van der Waals surface area contributed by atoms with Crippen molar-refractivity contribution in [2.75, 3.05) is 23.7 Å². The molecular weight excluding hydrogens is 272 g/mol. The number of benzene rings is 1. The van der Waals surface area contributed by atoms with Gasteiger partial charge in [0.1, 0.15) is 5.65 Å². The van der Waals surface area contributed by atoms with Gasteiger partial charge in [-0.05, 0) is 43.7 Å². The molecule has 0 radical (unpaired) electrons. The quantitative estimate of drug-likeness (QED) is 0.785. The van der Waals surface area contributed by atoms with E-state index in [1.54, 1.807) is 0 Å². The molecule has 4 heteroatoms. The standard InChI is InChI=1S/C18H22N4/c1-3-21(17-6-4-5-14(2)11-17)10-9-16-13-22-12-15(19)7-8-18(22)20-16/h4-8,11-13H,3,9-10,19H2,1-2H3. The first-order valence-corrected chi connectivity index (χ1v) is 7.70. The highest BCUT2D eigenvalue weighted by Gasteiger charge is 2.07. The zero-order valence-electron chi connectivity index (χ0n) is 13.2. The molecule has 0 saturated heterocycles. The molecule has 0 saturated carbocycles. The summed E-state index contributed by atoms with van der Waals surface area (Å²) in [6.07, 6.45) is 4.89. The van der Waals surface area contributed by atoms with E-state index in [-0.39, 0.29) is 0 Å². The predicted molar refractivity (Wildman–Crippen MR) is 92.4 cm³/mol. The summed E-state index contributed by atoms with van der Waals surface area (Å²) in [5.41, 5.74) is 11.2. The van der Waals surface area contributed by atoms with E-state index < -0.39 is 0 Å². The van der Waals surface area contributed by atoms with Crippen molar-refractivity contribution in [3.8, 4) is 0 Å². The Bertz CT molecular complexity index is 776. The number of anilines is 2. The number of pyridine rings is 1. The molecule has 3 aromatic rings. The summed E-state index contributed by atoms with van der Waals surface area (Å²) in [5.74, 6) is 0. The van der Waals surface area contributed by atoms with Crippen molar-refractivity contribution >= 4 is 17.0 Å². The van der Waals surface area contributed by atoms with Gasteiger partial charge in [0.15, 0.2) is 0 Å². The fourth-order valence-corrected chi connectivity index (χ4v) is 2.73. The Morgan fingerprint density at radius 1 is 1.18 bits per heavy atom. The lowest BCUT2D eigenvalue weighted by Gasteiger charge is -2.23. The second kappa shape index (κ2) is 6.10. The number of aryl methyl sites for hydroxylation is 1. The maximum atomic E-state index is 5.81. The fourth-order valence-electron chi connectivity index (χ4n) is 2.73. The highest BCUT2D eigenvalue weighted by Crippen LogP contribution is 2.16. The first kappa shape index (κ1) is 14.4. The lowest BCUT2D eigenvalue weighted by Crippen LogP contribution is -2.25. The van der Waals surface area contributed by atoms with Gasteiger partial charge in [0.2, 0.25) is 0 Å². The molecule has 0 bridgehead atoms. The van der Waals surface area contributed by atoms with E-state index in [2.05, 4.69) is 54.2 Å². The summed E-state index contributed by atoms with van der Waals surface area (Å²) >= 11 is 0. The average Bonchev–Trinajstić information content (AvgIpc) is 2.90. The second-order valence-corrected chi connectivity index (χ2v) is 5.63. The fraction of sp³-hybridized carbons (Fsp3) is 0.278. The minimum Gasteiger partial charge on any atom is -0.398 e. The minimum absolute atomic E-state index is 0.756. The van der Waals surface area contributed by atoms with Gasteiger partial charge in [-0.2, -0.15) is 0 Å². The van der Waals surface area contributed by atoms with E-state index >= 15 is 0 Å². The molecule has 0 unspecified atom stereocenters. The summed E-state index contributed by atoms with van der Waals surface area (Å²) in [6, 6.07) is 12.5. The van der Waals surface area contributed by atoms with Crippen LogP contribution in [0.5, 0.6) is 0 Å². The van der Waals surface area contributed by atoms with Gasteiger partial charge in [-0.3, -0.25) is 0 Å². The van der Waals surface area contributed by atoms with Crippen LogP contribution in [0.15, 0.2) is 48.8 Å². The SMILES string of the molecule is CCN(CCc1cn2cc(N)ccc2n1)c1cccc(C)c1. The largest absolute Gasteiger partial charge is 0.398 e. The molecular formula is C18H22N4. The van der Waals surface area contributed by atoms with Crippen molar-refractivity contribution in [3.05, 3.63) is 60.0 Å². The van der Waals surface area contributed by atoms with Crippen LogP contribution >= 0.6 is 0 Å². The molecule has 22 heavy (non-hydrogen) atoms. The summed E-state index contributed by atoms with van der Waals surface area (Å²) < 4.78 is 1.99. The van der Waals surface area contributed by atoms with Crippen molar-refractivity contribution in [1.29, 1.82) is 0 Å². The Balaban J connectivity index is 1.74. The number of imidazole rings is 1. The van der Waals surface area contributed by atoms with Gasteiger partial charge in [0, 0.05) is 43.3 Å². The van der Waals surface area contributed by atoms with E-state index in [1.165, 1.54) is 11.3 Å². The number of rotatable bonds is 5. The average molecular weight is 294 g/mol. The normalized spacial score (nSPS) is 11.0. The molecule has 2 N–H and O–H groups in total. The van der Waals surface area contributed by atoms with Crippen molar-refractivity contribution < 1.29 is 0 Å². The molecule has 2 aromatic heterocycles. The highest BCUT2D eigenvalue weighted by atomic mass is 15.1. The minimum atomic E-state index is 0.756. The molecule has 2 heterocycles. The second-order valence-electron chi connectivity index (χ2n) is 5.63. The van der Waals surface area contributed by atoms with Crippen molar-refractivity contribution in [2.45, 2.75) is 20.3 Å². The van der Waals surface area contributed by atoms with Gasteiger partial charge in [-0.15, -0.1) is 0 Å². The van der Waals surface area contributed by atoms with E-state index in [9.17, 15) is 0 Å². The highest BCUT2D eigenvalue weighted by molar-refractivity contribution is 5.49. The van der Waals surface area contributed by atoms with E-state index in [1.807, 2.05) is 22.7 Å². The van der Waals surface area contributed by atoms with Crippen LogP contribution in [0.1, 0.15) is 18.2 Å². The number of nitrogens with zero attached hydrogens (tertiary/aromatic N) is 3. The molecule has 0 aliphatic rings. The molecule has 0 aliphatic heterocycles. The number of nitrogen functional groups attached to an aromatic ring is 1. The van der Waals surface area contributed by atoms with E-state index in [0.717, 1.165) is 36.5 Å². The summed E-state index contributed by atoms with van der Waals surface area (Å²) in [7, 11) is 0. The Morgan fingerprint density at radius 2 is 2.05 bits per heavy atom. The van der Waals surface area contributed by atoms with Crippen LogP contribution < -0.4 is 10.6 Å².